The van der Waals surface area contributed by atoms with Crippen LogP contribution in [-0.4, -0.2) is 27.6 Å². The molecule has 0 aromatic carbocycles. The number of thioether (sulfide) groups is 1. The lowest BCUT2D eigenvalue weighted by molar-refractivity contribution is -0.137. The third-order valence-electron chi connectivity index (χ3n) is 2.04. The molecule has 0 bridgehead atoms. The van der Waals surface area contributed by atoms with Crippen LogP contribution in [0.1, 0.15) is 33.6 Å². The van der Waals surface area contributed by atoms with Crippen LogP contribution < -0.4 is 5.73 Å². The maximum absolute atomic E-state index is 10.4. The minimum Gasteiger partial charge on any atom is -0.481 e. The molecule has 0 aliphatic carbocycles. The standard InChI is InChI=1S/C9H19NO2S/c1-4-6(2)13-7(3)8(10)5-9(11)12/h6-8H,4-5,10H2,1-3H3,(H,11,12)/t6?,7-,8+/m0/s1. The summed E-state index contributed by atoms with van der Waals surface area (Å²) in [5, 5.41) is 9.30. The maximum Gasteiger partial charge on any atom is 0.304 e. The predicted octanol–water partition coefficient (Wildman–Crippen LogP) is 1.71. The van der Waals surface area contributed by atoms with Crippen LogP contribution in [0.15, 0.2) is 0 Å². The zero-order valence-corrected chi connectivity index (χ0v) is 9.30. The second-order valence-corrected chi connectivity index (χ2v) is 5.14. The van der Waals surface area contributed by atoms with Gasteiger partial charge in [-0.05, 0) is 6.42 Å². The Hall–Kier alpha value is -0.220. The first kappa shape index (κ1) is 12.8. The minimum atomic E-state index is -0.816. The first-order valence-corrected chi connectivity index (χ1v) is 5.54. The Balaban J connectivity index is 3.81. The highest BCUT2D eigenvalue weighted by Crippen LogP contribution is 2.22. The molecule has 0 aliphatic rings. The van der Waals surface area contributed by atoms with E-state index in [1.165, 1.54) is 0 Å². The summed E-state index contributed by atoms with van der Waals surface area (Å²) in [6.07, 6.45) is 1.15. The van der Waals surface area contributed by atoms with Crippen molar-refractivity contribution in [2.45, 2.75) is 50.2 Å². The summed E-state index contributed by atoms with van der Waals surface area (Å²) in [5.41, 5.74) is 5.72. The van der Waals surface area contributed by atoms with Gasteiger partial charge in [0.25, 0.3) is 0 Å². The van der Waals surface area contributed by atoms with Gasteiger partial charge in [0, 0.05) is 16.5 Å². The molecule has 3 atom stereocenters. The van der Waals surface area contributed by atoms with Crippen LogP contribution in [0, 0.1) is 0 Å². The van der Waals surface area contributed by atoms with Gasteiger partial charge in [-0.3, -0.25) is 4.79 Å². The third-order valence-corrected chi connectivity index (χ3v) is 3.61. The molecular weight excluding hydrogens is 186 g/mol. The van der Waals surface area contributed by atoms with Crippen molar-refractivity contribution in [3.63, 3.8) is 0 Å². The van der Waals surface area contributed by atoms with Crippen LogP contribution in [0.5, 0.6) is 0 Å². The summed E-state index contributed by atoms with van der Waals surface area (Å²) in [4.78, 5) is 10.4. The molecule has 1 unspecified atom stereocenters. The highest BCUT2D eigenvalue weighted by atomic mass is 32.2. The van der Waals surface area contributed by atoms with Gasteiger partial charge >= 0.3 is 5.97 Å². The normalized spacial score (nSPS) is 17.8. The zero-order valence-electron chi connectivity index (χ0n) is 8.49. The second-order valence-electron chi connectivity index (χ2n) is 3.32. The number of hydrogen-bond donors (Lipinski definition) is 2. The van der Waals surface area contributed by atoms with Crippen LogP contribution in [0.4, 0.5) is 0 Å². The smallest absolute Gasteiger partial charge is 0.304 e. The van der Waals surface area contributed by atoms with Crippen LogP contribution >= 0.6 is 11.8 Å². The van der Waals surface area contributed by atoms with E-state index in [-0.39, 0.29) is 17.7 Å². The Bertz CT molecular complexity index is 164. The minimum absolute atomic E-state index is 0.0601. The lowest BCUT2D eigenvalue weighted by Gasteiger charge is -2.20. The van der Waals surface area contributed by atoms with E-state index < -0.39 is 5.97 Å². The van der Waals surface area contributed by atoms with E-state index in [1.54, 1.807) is 11.8 Å². The summed E-state index contributed by atoms with van der Waals surface area (Å²) in [7, 11) is 0. The molecule has 0 fully saturated rings. The van der Waals surface area contributed by atoms with Gasteiger partial charge in [0.05, 0.1) is 6.42 Å². The number of carboxylic acid groups (broad SMARTS) is 1. The number of carbonyl (C=O) groups is 1. The van der Waals surface area contributed by atoms with E-state index in [1.807, 2.05) is 6.92 Å². The molecule has 0 saturated heterocycles. The zero-order chi connectivity index (χ0) is 10.4. The largest absolute Gasteiger partial charge is 0.481 e. The molecule has 0 amide bonds. The molecule has 0 aromatic heterocycles. The first-order valence-electron chi connectivity index (χ1n) is 4.60. The molecule has 0 saturated carbocycles. The van der Waals surface area contributed by atoms with Crippen molar-refractivity contribution in [3.05, 3.63) is 0 Å². The summed E-state index contributed by atoms with van der Waals surface area (Å²) in [6.45, 7) is 6.24. The number of nitrogens with two attached hydrogens (primary N) is 1. The van der Waals surface area contributed by atoms with Crippen molar-refractivity contribution >= 4 is 17.7 Å². The molecule has 4 heteroatoms. The summed E-state index contributed by atoms with van der Waals surface area (Å²) >= 11 is 1.76. The Morgan fingerprint density at radius 3 is 2.46 bits per heavy atom. The van der Waals surface area contributed by atoms with E-state index in [0.717, 1.165) is 6.42 Å². The second kappa shape index (κ2) is 6.27. The molecule has 0 heterocycles. The van der Waals surface area contributed by atoms with Crippen LogP contribution in [0.2, 0.25) is 0 Å². The molecule has 0 aliphatic heterocycles. The van der Waals surface area contributed by atoms with Crippen LogP contribution in [-0.2, 0) is 4.79 Å². The van der Waals surface area contributed by atoms with Crippen molar-refractivity contribution in [1.82, 2.24) is 0 Å². The Kier molecular flexibility index (Phi) is 6.16. The van der Waals surface area contributed by atoms with Crippen molar-refractivity contribution < 1.29 is 9.90 Å². The highest BCUT2D eigenvalue weighted by molar-refractivity contribution is 8.00. The van der Waals surface area contributed by atoms with Gasteiger partial charge in [-0.15, -0.1) is 0 Å². The van der Waals surface area contributed by atoms with Gasteiger partial charge in [0.1, 0.15) is 0 Å². The van der Waals surface area contributed by atoms with E-state index in [2.05, 4.69) is 13.8 Å². The molecule has 13 heavy (non-hydrogen) atoms. The first-order chi connectivity index (χ1) is 5.97. The van der Waals surface area contributed by atoms with E-state index in [4.69, 9.17) is 10.8 Å². The molecule has 0 spiro atoms. The Morgan fingerprint density at radius 1 is 1.54 bits per heavy atom. The lowest BCUT2D eigenvalue weighted by atomic mass is 10.2. The molecule has 3 nitrogen and oxygen atoms in total. The molecular formula is C9H19NO2S. The molecule has 0 aromatic rings. The number of aliphatic carboxylic acids is 1. The fourth-order valence-corrected chi connectivity index (χ4v) is 2.15. The monoisotopic (exact) mass is 205 g/mol. The van der Waals surface area contributed by atoms with E-state index in [0.29, 0.717) is 5.25 Å². The molecule has 0 rings (SSSR count). The summed E-state index contributed by atoms with van der Waals surface area (Å²) < 4.78 is 0. The van der Waals surface area contributed by atoms with Crippen molar-refractivity contribution in [2.75, 3.05) is 0 Å². The average Bonchev–Trinajstić information content (AvgIpc) is 2.02. The van der Waals surface area contributed by atoms with Crippen molar-refractivity contribution in [3.8, 4) is 0 Å². The van der Waals surface area contributed by atoms with Crippen LogP contribution in [0.25, 0.3) is 0 Å². The van der Waals surface area contributed by atoms with Gasteiger partial charge in [-0.2, -0.15) is 11.8 Å². The number of carboxylic acids is 1. The third kappa shape index (κ3) is 5.93. The van der Waals surface area contributed by atoms with Gasteiger partial charge in [0.15, 0.2) is 0 Å². The molecule has 78 valence electrons. The summed E-state index contributed by atoms with van der Waals surface area (Å²) in [6, 6.07) is -0.239. The van der Waals surface area contributed by atoms with Gasteiger partial charge < -0.3 is 10.8 Å². The highest BCUT2D eigenvalue weighted by Gasteiger charge is 2.18. The maximum atomic E-state index is 10.4. The predicted molar refractivity (Wildman–Crippen MR) is 57.0 cm³/mol. The SMILES string of the molecule is CCC(C)S[C@@H](C)[C@H](N)CC(=O)O. The van der Waals surface area contributed by atoms with Gasteiger partial charge in [-0.1, -0.05) is 20.8 Å². The molecule has 0 radical (unpaired) electrons. The quantitative estimate of drug-likeness (QED) is 0.693. The van der Waals surface area contributed by atoms with Crippen LogP contribution in [0.3, 0.4) is 0 Å². The number of hydrogen-bond acceptors (Lipinski definition) is 3. The lowest BCUT2D eigenvalue weighted by Crippen LogP contribution is -2.33. The summed E-state index contributed by atoms with van der Waals surface area (Å²) in [5.74, 6) is -0.816. The van der Waals surface area contributed by atoms with Crippen molar-refractivity contribution in [2.24, 2.45) is 5.73 Å². The van der Waals surface area contributed by atoms with E-state index in [9.17, 15) is 4.79 Å². The fourth-order valence-electron chi connectivity index (χ4n) is 0.931. The van der Waals surface area contributed by atoms with Crippen molar-refractivity contribution in [1.29, 1.82) is 0 Å². The van der Waals surface area contributed by atoms with Gasteiger partial charge in [-0.25, -0.2) is 0 Å². The topological polar surface area (TPSA) is 63.3 Å². The molecule has 3 N–H and O–H groups in total. The van der Waals surface area contributed by atoms with E-state index >= 15 is 0 Å². The Labute approximate surface area is 84.1 Å². The number of rotatable bonds is 6. The Morgan fingerprint density at radius 2 is 2.08 bits per heavy atom. The van der Waals surface area contributed by atoms with Gasteiger partial charge in [0.2, 0.25) is 0 Å². The fraction of sp³-hybridized carbons (Fsp3) is 0.889. The average molecular weight is 205 g/mol.